The second-order valence-corrected chi connectivity index (χ2v) is 7.37. The number of halogens is 2. The Bertz CT molecular complexity index is 496. The zero-order valence-corrected chi connectivity index (χ0v) is 14.4. The molecule has 0 aromatic heterocycles. The van der Waals surface area contributed by atoms with Gasteiger partial charge in [0.1, 0.15) is 0 Å². The Balaban J connectivity index is 1.96. The first-order chi connectivity index (χ1) is 10.7. The van der Waals surface area contributed by atoms with Gasteiger partial charge >= 0.3 is 0 Å². The van der Waals surface area contributed by atoms with E-state index >= 15 is 0 Å². The lowest BCUT2D eigenvalue weighted by Crippen LogP contribution is -2.47. The lowest BCUT2D eigenvalue weighted by molar-refractivity contribution is 0.101. The summed E-state index contributed by atoms with van der Waals surface area (Å²) in [6.07, 6.45) is 6.11. The number of nitrogens with one attached hydrogen (secondary N) is 1. The largest absolute Gasteiger partial charge is 0.505 e. The number of rotatable bonds is 3. The molecule has 3 rings (SSSR count). The zero-order valence-electron chi connectivity index (χ0n) is 12.8. The molecule has 2 N–H and O–H groups in total. The van der Waals surface area contributed by atoms with Crippen molar-refractivity contribution in [1.82, 2.24) is 10.2 Å². The Morgan fingerprint density at radius 1 is 1.18 bits per heavy atom. The highest BCUT2D eigenvalue weighted by atomic mass is 79.9. The Morgan fingerprint density at radius 2 is 1.86 bits per heavy atom. The van der Waals surface area contributed by atoms with Gasteiger partial charge in [0.15, 0.2) is 11.6 Å². The molecule has 122 valence electrons. The van der Waals surface area contributed by atoms with Crippen molar-refractivity contribution >= 4 is 15.9 Å². The van der Waals surface area contributed by atoms with E-state index in [1.165, 1.54) is 38.2 Å². The normalized spacial score (nSPS) is 22.6. The standard InChI is InChI=1S/C17H24BrFN2O/c18-13-10-14(17(22)15(19)11-13)16(12-4-2-1-3-5-12)21-8-6-20-7-9-21/h10-12,16,20,22H,1-9H2/t16-/m1/s1. The summed E-state index contributed by atoms with van der Waals surface area (Å²) in [7, 11) is 0. The molecule has 3 nitrogen and oxygen atoms in total. The van der Waals surface area contributed by atoms with Gasteiger partial charge in [-0.2, -0.15) is 0 Å². The molecule has 1 saturated heterocycles. The Hall–Kier alpha value is -0.650. The van der Waals surface area contributed by atoms with Gasteiger partial charge in [-0.05, 0) is 30.9 Å². The number of piperazine rings is 1. The smallest absolute Gasteiger partial charge is 0.166 e. The van der Waals surface area contributed by atoms with Crippen LogP contribution in [-0.2, 0) is 0 Å². The van der Waals surface area contributed by atoms with E-state index in [0.717, 1.165) is 31.7 Å². The molecule has 5 heteroatoms. The summed E-state index contributed by atoms with van der Waals surface area (Å²) in [5.74, 6) is -0.191. The van der Waals surface area contributed by atoms with E-state index in [1.54, 1.807) is 0 Å². The zero-order chi connectivity index (χ0) is 15.5. The number of phenolic OH excluding ortho intramolecular Hbond substituents is 1. The van der Waals surface area contributed by atoms with Gasteiger partial charge < -0.3 is 10.4 Å². The maximum absolute atomic E-state index is 14.0. The molecule has 0 radical (unpaired) electrons. The molecule has 0 unspecified atom stereocenters. The summed E-state index contributed by atoms with van der Waals surface area (Å²) in [5, 5.41) is 13.7. The fourth-order valence-electron chi connectivity index (χ4n) is 3.97. The molecule has 1 aromatic rings. The van der Waals surface area contributed by atoms with Gasteiger partial charge in [-0.3, -0.25) is 4.90 Å². The lowest BCUT2D eigenvalue weighted by Gasteiger charge is -2.41. The van der Waals surface area contributed by atoms with Crippen molar-refractivity contribution in [3.63, 3.8) is 0 Å². The molecule has 22 heavy (non-hydrogen) atoms. The number of aromatic hydroxyl groups is 1. The molecule has 1 heterocycles. The SMILES string of the molecule is Oc1c(F)cc(Br)cc1[C@@H](C1CCCCC1)N1CCNCC1. The fraction of sp³-hybridized carbons (Fsp3) is 0.647. The van der Waals surface area contributed by atoms with Crippen LogP contribution in [0.4, 0.5) is 4.39 Å². The molecule has 0 bridgehead atoms. The molecular weight excluding hydrogens is 347 g/mol. The van der Waals surface area contributed by atoms with Crippen LogP contribution < -0.4 is 5.32 Å². The summed E-state index contributed by atoms with van der Waals surface area (Å²) < 4.78 is 14.7. The van der Waals surface area contributed by atoms with Crippen LogP contribution >= 0.6 is 15.9 Å². The van der Waals surface area contributed by atoms with Gasteiger partial charge in [0.05, 0.1) is 0 Å². The van der Waals surface area contributed by atoms with Gasteiger partial charge in [0.2, 0.25) is 0 Å². The monoisotopic (exact) mass is 370 g/mol. The summed E-state index contributed by atoms with van der Waals surface area (Å²) in [6.45, 7) is 3.82. The Kier molecular flexibility index (Phi) is 5.37. The van der Waals surface area contributed by atoms with E-state index in [0.29, 0.717) is 10.4 Å². The van der Waals surface area contributed by atoms with Crippen LogP contribution in [0, 0.1) is 11.7 Å². The van der Waals surface area contributed by atoms with Crippen molar-refractivity contribution in [2.75, 3.05) is 26.2 Å². The minimum Gasteiger partial charge on any atom is -0.505 e. The minimum absolute atomic E-state index is 0.120. The third-order valence-corrected chi connectivity index (χ3v) is 5.48. The molecule has 2 fully saturated rings. The van der Waals surface area contributed by atoms with Crippen LogP contribution in [0.3, 0.4) is 0 Å². The number of phenols is 1. The number of hydrogen-bond acceptors (Lipinski definition) is 3. The van der Waals surface area contributed by atoms with Crippen LogP contribution in [0.25, 0.3) is 0 Å². The molecule has 1 aliphatic heterocycles. The maximum atomic E-state index is 14.0. The van der Waals surface area contributed by atoms with Crippen molar-refractivity contribution in [3.8, 4) is 5.75 Å². The Morgan fingerprint density at radius 3 is 2.55 bits per heavy atom. The highest BCUT2D eigenvalue weighted by Crippen LogP contribution is 2.43. The average Bonchev–Trinajstić information content (AvgIpc) is 2.54. The minimum atomic E-state index is -0.527. The van der Waals surface area contributed by atoms with Gasteiger partial charge in [-0.15, -0.1) is 0 Å². The van der Waals surface area contributed by atoms with E-state index in [-0.39, 0.29) is 11.8 Å². The summed E-state index contributed by atoms with van der Waals surface area (Å²) in [5.41, 5.74) is 0.751. The highest BCUT2D eigenvalue weighted by molar-refractivity contribution is 9.10. The predicted molar refractivity (Wildman–Crippen MR) is 89.5 cm³/mol. The second-order valence-electron chi connectivity index (χ2n) is 6.45. The van der Waals surface area contributed by atoms with Crippen LogP contribution in [-0.4, -0.2) is 36.2 Å². The maximum Gasteiger partial charge on any atom is 0.166 e. The second kappa shape index (κ2) is 7.28. The molecule has 0 amide bonds. The Labute approximate surface area is 140 Å². The van der Waals surface area contributed by atoms with Crippen molar-refractivity contribution in [2.24, 2.45) is 5.92 Å². The van der Waals surface area contributed by atoms with E-state index in [1.807, 2.05) is 6.07 Å². The fourth-order valence-corrected chi connectivity index (χ4v) is 4.42. The van der Waals surface area contributed by atoms with E-state index in [9.17, 15) is 9.50 Å². The number of nitrogens with zero attached hydrogens (tertiary/aromatic N) is 1. The molecule has 0 spiro atoms. The van der Waals surface area contributed by atoms with Crippen molar-refractivity contribution < 1.29 is 9.50 Å². The van der Waals surface area contributed by atoms with Gasteiger partial charge in [0, 0.05) is 42.3 Å². The average molecular weight is 371 g/mol. The van der Waals surface area contributed by atoms with Gasteiger partial charge in [-0.25, -0.2) is 4.39 Å². The molecule has 2 aliphatic rings. The molecular formula is C17H24BrFN2O. The first-order valence-electron chi connectivity index (χ1n) is 8.29. The van der Waals surface area contributed by atoms with Crippen LogP contribution in [0.5, 0.6) is 5.75 Å². The summed E-state index contributed by atoms with van der Waals surface area (Å²) >= 11 is 3.38. The third kappa shape index (κ3) is 3.47. The summed E-state index contributed by atoms with van der Waals surface area (Å²) in [6, 6.07) is 3.36. The third-order valence-electron chi connectivity index (χ3n) is 5.02. The van der Waals surface area contributed by atoms with Crippen molar-refractivity contribution in [2.45, 2.75) is 38.1 Å². The van der Waals surface area contributed by atoms with Crippen LogP contribution in [0.1, 0.15) is 43.7 Å². The van der Waals surface area contributed by atoms with Crippen molar-refractivity contribution in [3.05, 3.63) is 28.0 Å². The molecule has 1 aliphatic carbocycles. The number of benzene rings is 1. The quantitative estimate of drug-likeness (QED) is 0.848. The topological polar surface area (TPSA) is 35.5 Å². The predicted octanol–water partition coefficient (Wildman–Crippen LogP) is 3.82. The molecule has 1 aromatic carbocycles. The first-order valence-corrected chi connectivity index (χ1v) is 9.09. The van der Waals surface area contributed by atoms with Crippen LogP contribution in [0.15, 0.2) is 16.6 Å². The van der Waals surface area contributed by atoms with E-state index < -0.39 is 5.82 Å². The first kappa shape index (κ1) is 16.2. The van der Waals surface area contributed by atoms with E-state index in [2.05, 4.69) is 26.1 Å². The highest BCUT2D eigenvalue weighted by Gasteiger charge is 2.33. The molecule has 1 saturated carbocycles. The van der Waals surface area contributed by atoms with Gasteiger partial charge in [0.25, 0.3) is 0 Å². The summed E-state index contributed by atoms with van der Waals surface area (Å²) in [4.78, 5) is 2.42. The molecule has 1 atom stereocenters. The van der Waals surface area contributed by atoms with Crippen LogP contribution in [0.2, 0.25) is 0 Å². The number of hydrogen-bond donors (Lipinski definition) is 2. The van der Waals surface area contributed by atoms with Crippen molar-refractivity contribution in [1.29, 1.82) is 0 Å². The van der Waals surface area contributed by atoms with E-state index in [4.69, 9.17) is 0 Å². The van der Waals surface area contributed by atoms with Gasteiger partial charge in [-0.1, -0.05) is 35.2 Å². The lowest BCUT2D eigenvalue weighted by atomic mass is 9.80.